The van der Waals surface area contributed by atoms with Crippen LogP contribution in [0.15, 0.2) is 110 Å². The summed E-state index contributed by atoms with van der Waals surface area (Å²) < 4.78 is 55.7. The highest BCUT2D eigenvalue weighted by Crippen LogP contribution is 2.57. The number of unbranched alkanes of at least 4 members (excludes halogenated alkanes) is 1. The molecule has 2 fully saturated rings. The maximum atomic E-state index is 13.4. The third kappa shape index (κ3) is 13.0. The predicted octanol–water partition coefficient (Wildman–Crippen LogP) is 10.2. The lowest BCUT2D eigenvalue weighted by atomic mass is 9.76. The van der Waals surface area contributed by atoms with Gasteiger partial charge in [-0.1, -0.05) is 37.4 Å². The topological polar surface area (TPSA) is 195 Å². The Morgan fingerprint density at radius 3 is 1.36 bits per heavy atom. The standard InChI is InChI=1S/C56H58O16/c1-3-48(57)64-34-6-5-33-63-40-17-13-38(14-18-40)52(59)67-42-21-25-44(26-22-42)69-54(61)71-46-11-7-9-36-29-31-56(50(36)46)32-30-37-10-8-12-47(51(37)56)72-55(62)70-45-27-23-43(24-28-45)68-53(60)39-15-19-41(20-16-39)65-35-66-49(58)4-2/h3-4,7-12,21-28,38-41H,1-2,5-6,13-20,29-35H2. The summed E-state index contributed by atoms with van der Waals surface area (Å²) in [6.07, 6.45) is 9.62. The van der Waals surface area contributed by atoms with Crippen LogP contribution in [0.3, 0.4) is 0 Å². The van der Waals surface area contributed by atoms with Gasteiger partial charge in [-0.2, -0.15) is 0 Å². The van der Waals surface area contributed by atoms with Gasteiger partial charge in [-0.15, -0.1) is 0 Å². The van der Waals surface area contributed by atoms with Crippen molar-refractivity contribution in [2.45, 2.75) is 108 Å². The summed E-state index contributed by atoms with van der Waals surface area (Å²) in [7, 11) is 0. The van der Waals surface area contributed by atoms with Gasteiger partial charge in [0.05, 0.1) is 30.7 Å². The molecule has 4 aliphatic carbocycles. The van der Waals surface area contributed by atoms with E-state index < -0.39 is 29.7 Å². The van der Waals surface area contributed by atoms with E-state index in [0.717, 1.165) is 53.7 Å². The molecular weight excluding hydrogens is 929 g/mol. The number of hydrogen-bond donors (Lipinski definition) is 0. The SMILES string of the molecule is C=CC(=O)OCCCCOC1CCC(C(=O)Oc2ccc(OC(=O)Oc3cccc4c3C3(CC4)CCc4cccc(OC(=O)Oc5ccc(OC(=O)C6CCC(OCOC(=O)C=C)CC6)cc5)c43)cc2)CC1. The van der Waals surface area contributed by atoms with Crippen molar-refractivity contribution in [1.29, 1.82) is 0 Å². The minimum Gasteiger partial charge on any atom is -0.463 e. The third-order valence-corrected chi connectivity index (χ3v) is 13.7. The molecule has 4 aromatic carbocycles. The minimum atomic E-state index is -0.954. The molecule has 0 radical (unpaired) electrons. The highest BCUT2D eigenvalue weighted by atomic mass is 16.7. The molecule has 72 heavy (non-hydrogen) atoms. The predicted molar refractivity (Wildman–Crippen MR) is 258 cm³/mol. The van der Waals surface area contributed by atoms with Crippen LogP contribution in [-0.4, -0.2) is 68.4 Å². The number of fused-ring (bicyclic) bond motifs is 4. The van der Waals surface area contributed by atoms with Gasteiger partial charge in [-0.3, -0.25) is 9.59 Å². The summed E-state index contributed by atoms with van der Waals surface area (Å²) in [5, 5.41) is 0. The summed E-state index contributed by atoms with van der Waals surface area (Å²) >= 11 is 0. The van der Waals surface area contributed by atoms with Crippen LogP contribution in [0.1, 0.15) is 99.3 Å². The Hall–Kier alpha value is -7.30. The number of ether oxygens (including phenoxy) is 10. The third-order valence-electron chi connectivity index (χ3n) is 13.7. The van der Waals surface area contributed by atoms with Crippen molar-refractivity contribution >= 4 is 36.2 Å². The van der Waals surface area contributed by atoms with E-state index >= 15 is 0 Å². The van der Waals surface area contributed by atoms with E-state index in [1.807, 2.05) is 24.3 Å². The molecule has 0 bridgehead atoms. The highest BCUT2D eigenvalue weighted by molar-refractivity contribution is 5.81. The molecule has 0 saturated heterocycles. The van der Waals surface area contributed by atoms with Gasteiger partial charge in [-0.05, 0) is 162 Å². The van der Waals surface area contributed by atoms with E-state index in [1.54, 1.807) is 24.3 Å². The Bertz CT molecular complexity index is 2600. The van der Waals surface area contributed by atoms with E-state index in [1.165, 1.54) is 36.4 Å². The van der Waals surface area contributed by atoms with Crippen molar-refractivity contribution in [1.82, 2.24) is 0 Å². The number of aryl methyl sites for hydroxylation is 2. The molecule has 0 aromatic heterocycles. The second-order valence-electron chi connectivity index (χ2n) is 18.2. The van der Waals surface area contributed by atoms with Gasteiger partial charge in [0.15, 0.2) is 6.79 Å². The number of carbonyl (C=O) groups excluding carboxylic acids is 6. The van der Waals surface area contributed by atoms with Crippen LogP contribution in [-0.2, 0) is 56.4 Å². The van der Waals surface area contributed by atoms with Gasteiger partial charge in [0.2, 0.25) is 0 Å². The lowest BCUT2D eigenvalue weighted by Gasteiger charge is -2.29. The van der Waals surface area contributed by atoms with Gasteiger partial charge in [-0.25, -0.2) is 19.2 Å². The molecule has 4 aromatic rings. The van der Waals surface area contributed by atoms with E-state index in [0.29, 0.717) is 107 Å². The molecule has 1 unspecified atom stereocenters. The van der Waals surface area contributed by atoms with Crippen LogP contribution in [0, 0.1) is 11.8 Å². The Labute approximate surface area is 417 Å². The Morgan fingerprint density at radius 1 is 0.486 bits per heavy atom. The van der Waals surface area contributed by atoms with E-state index in [9.17, 15) is 28.8 Å². The normalized spacial score (nSPS) is 20.7. The van der Waals surface area contributed by atoms with Gasteiger partial charge < -0.3 is 47.4 Å². The van der Waals surface area contributed by atoms with Gasteiger partial charge >= 0.3 is 36.2 Å². The number of carbonyl (C=O) groups is 6. The fourth-order valence-corrected chi connectivity index (χ4v) is 10.1. The molecule has 8 rings (SSSR count). The fraction of sp³-hybridized carbons (Fsp3) is 0.393. The van der Waals surface area contributed by atoms with E-state index in [2.05, 4.69) is 13.2 Å². The number of esters is 4. The van der Waals surface area contributed by atoms with Crippen molar-refractivity contribution in [3.05, 3.63) is 132 Å². The van der Waals surface area contributed by atoms with Gasteiger partial charge in [0.1, 0.15) is 34.5 Å². The summed E-state index contributed by atoms with van der Waals surface area (Å²) in [4.78, 5) is 75.1. The van der Waals surface area contributed by atoms with Crippen LogP contribution in [0.2, 0.25) is 0 Å². The summed E-state index contributed by atoms with van der Waals surface area (Å²) in [6, 6.07) is 23.4. The van der Waals surface area contributed by atoms with Crippen LogP contribution in [0.4, 0.5) is 9.59 Å². The highest BCUT2D eigenvalue weighted by Gasteiger charge is 2.49. The molecule has 0 aliphatic heterocycles. The van der Waals surface area contributed by atoms with Crippen LogP contribution < -0.4 is 28.4 Å². The molecule has 0 N–H and O–H groups in total. The molecule has 4 aliphatic rings. The molecule has 378 valence electrons. The second kappa shape index (κ2) is 24.2. The monoisotopic (exact) mass is 986 g/mol. The van der Waals surface area contributed by atoms with Crippen molar-refractivity contribution in [3.8, 4) is 34.5 Å². The van der Waals surface area contributed by atoms with Crippen LogP contribution in [0.25, 0.3) is 0 Å². The molecule has 16 nitrogen and oxygen atoms in total. The Balaban J connectivity index is 0.812. The maximum absolute atomic E-state index is 13.4. The van der Waals surface area contributed by atoms with Crippen molar-refractivity contribution in [3.63, 3.8) is 0 Å². The zero-order valence-electron chi connectivity index (χ0n) is 40.0. The average molecular weight is 987 g/mol. The first-order valence-corrected chi connectivity index (χ1v) is 24.5. The Morgan fingerprint density at radius 2 is 0.903 bits per heavy atom. The summed E-state index contributed by atoms with van der Waals surface area (Å²) in [5.41, 5.74) is 3.04. The van der Waals surface area contributed by atoms with Gasteiger partial charge in [0.25, 0.3) is 0 Å². The van der Waals surface area contributed by atoms with E-state index in [-0.39, 0.29) is 54.3 Å². The van der Waals surface area contributed by atoms with Crippen LogP contribution in [0.5, 0.6) is 34.5 Å². The molecule has 16 heteroatoms. The lowest BCUT2D eigenvalue weighted by Crippen LogP contribution is -2.29. The molecule has 0 heterocycles. The maximum Gasteiger partial charge on any atom is 0.519 e. The number of rotatable bonds is 19. The largest absolute Gasteiger partial charge is 0.519 e. The minimum absolute atomic E-state index is 0.0662. The average Bonchev–Trinajstić information content (AvgIpc) is 3.97. The fourth-order valence-electron chi connectivity index (χ4n) is 10.1. The van der Waals surface area contributed by atoms with Crippen molar-refractivity contribution in [2.75, 3.05) is 20.0 Å². The zero-order valence-corrected chi connectivity index (χ0v) is 40.0. The molecule has 0 amide bonds. The first-order valence-electron chi connectivity index (χ1n) is 24.5. The molecular formula is C56H58O16. The first-order chi connectivity index (χ1) is 35.0. The Kier molecular flexibility index (Phi) is 17.2. The van der Waals surface area contributed by atoms with Crippen molar-refractivity contribution in [2.24, 2.45) is 11.8 Å². The van der Waals surface area contributed by atoms with Crippen LogP contribution >= 0.6 is 0 Å². The van der Waals surface area contributed by atoms with Crippen molar-refractivity contribution < 1.29 is 76.1 Å². The second-order valence-corrected chi connectivity index (χ2v) is 18.2. The molecule has 2 saturated carbocycles. The summed E-state index contributed by atoms with van der Waals surface area (Å²) in [5.74, 6) is -0.589. The number of hydrogen-bond acceptors (Lipinski definition) is 16. The number of benzene rings is 4. The molecule has 1 spiro atoms. The quantitative estimate of drug-likeness (QED) is 0.0215. The first kappa shape index (κ1) is 51.1. The van der Waals surface area contributed by atoms with Gasteiger partial charge in [0, 0.05) is 35.3 Å². The summed E-state index contributed by atoms with van der Waals surface area (Å²) in [6.45, 7) is 7.44. The molecule has 1 atom stereocenters. The lowest BCUT2D eigenvalue weighted by molar-refractivity contribution is -0.157. The van der Waals surface area contributed by atoms with E-state index in [4.69, 9.17) is 47.4 Å². The smallest absolute Gasteiger partial charge is 0.463 e. The zero-order chi connectivity index (χ0) is 50.5.